The third kappa shape index (κ3) is 1.41. The minimum Gasteiger partial charge on any atom is -0.294 e. The van der Waals surface area contributed by atoms with Crippen molar-refractivity contribution >= 4 is 0 Å². The van der Waals surface area contributed by atoms with Crippen LogP contribution in [0.15, 0.2) is 0 Å². The minimum atomic E-state index is -0.525. The lowest BCUT2D eigenvalue weighted by Crippen LogP contribution is -2.54. The van der Waals surface area contributed by atoms with E-state index in [0.717, 1.165) is 5.92 Å². The van der Waals surface area contributed by atoms with Crippen molar-refractivity contribution in [2.75, 3.05) is 13.1 Å². The van der Waals surface area contributed by atoms with Crippen molar-refractivity contribution in [1.29, 1.82) is 0 Å². The van der Waals surface area contributed by atoms with E-state index in [1.54, 1.807) is 0 Å². The van der Waals surface area contributed by atoms with Crippen LogP contribution in [0.5, 0.6) is 0 Å². The van der Waals surface area contributed by atoms with Crippen LogP contribution < -0.4 is 0 Å². The van der Waals surface area contributed by atoms with Gasteiger partial charge in [-0.3, -0.25) is 4.90 Å². The molecule has 0 aromatic rings. The lowest BCUT2D eigenvalue weighted by Gasteiger charge is -2.40. The van der Waals surface area contributed by atoms with Crippen LogP contribution in [0.2, 0.25) is 0 Å². The fourth-order valence-corrected chi connectivity index (χ4v) is 2.10. The van der Waals surface area contributed by atoms with Gasteiger partial charge in [-0.25, -0.2) is 4.39 Å². The van der Waals surface area contributed by atoms with Crippen LogP contribution in [0.25, 0.3) is 0 Å². The van der Waals surface area contributed by atoms with Gasteiger partial charge < -0.3 is 0 Å². The molecule has 1 heterocycles. The summed E-state index contributed by atoms with van der Waals surface area (Å²) in [7, 11) is 0. The third-order valence-electron chi connectivity index (χ3n) is 2.92. The zero-order valence-electron chi connectivity index (χ0n) is 7.09. The highest BCUT2D eigenvalue weighted by Crippen LogP contribution is 2.38. The van der Waals surface area contributed by atoms with Crippen LogP contribution in [-0.4, -0.2) is 30.2 Å². The Hall–Kier alpha value is -0.110. The predicted molar refractivity (Wildman–Crippen MR) is 43.3 cm³/mol. The lowest BCUT2D eigenvalue weighted by atomic mass is 10.0. The topological polar surface area (TPSA) is 3.24 Å². The first-order valence-corrected chi connectivity index (χ1v) is 4.69. The van der Waals surface area contributed by atoms with E-state index in [-0.39, 0.29) is 0 Å². The van der Waals surface area contributed by atoms with Gasteiger partial charge in [0.25, 0.3) is 0 Å². The first-order chi connectivity index (χ1) is 5.31. The van der Waals surface area contributed by atoms with Crippen LogP contribution in [0, 0.1) is 5.92 Å². The molecule has 1 unspecified atom stereocenters. The van der Waals surface area contributed by atoms with E-state index in [4.69, 9.17) is 0 Å². The van der Waals surface area contributed by atoms with Crippen LogP contribution in [0.1, 0.15) is 26.2 Å². The molecule has 1 atom stereocenters. The monoisotopic (exact) mass is 157 g/mol. The van der Waals surface area contributed by atoms with Crippen LogP contribution in [-0.2, 0) is 0 Å². The molecule has 0 bridgehead atoms. The summed E-state index contributed by atoms with van der Waals surface area (Å²) in [6.07, 6.45) is 3.44. The largest absolute Gasteiger partial charge is 0.294 e. The Bertz CT molecular complexity index is 138. The molecule has 2 fully saturated rings. The second kappa shape index (κ2) is 2.74. The molecule has 0 spiro atoms. The van der Waals surface area contributed by atoms with E-state index in [9.17, 15) is 4.39 Å². The summed E-state index contributed by atoms with van der Waals surface area (Å²) in [6, 6.07) is 0.710. The summed E-state index contributed by atoms with van der Waals surface area (Å²) < 4.78 is 12.5. The van der Waals surface area contributed by atoms with E-state index < -0.39 is 6.17 Å². The predicted octanol–water partition coefficient (Wildman–Crippen LogP) is 1.83. The lowest BCUT2D eigenvalue weighted by molar-refractivity contribution is 0.0179. The molecule has 0 N–H and O–H groups in total. The van der Waals surface area contributed by atoms with E-state index in [1.807, 2.05) is 0 Å². The van der Waals surface area contributed by atoms with E-state index >= 15 is 0 Å². The Labute approximate surface area is 67.6 Å². The SMILES string of the molecule is CCC(C1CC1)N1CC(F)C1. The third-order valence-corrected chi connectivity index (χ3v) is 2.92. The molecule has 0 radical (unpaired) electrons. The Balaban J connectivity index is 1.81. The van der Waals surface area contributed by atoms with Gasteiger partial charge in [-0.15, -0.1) is 0 Å². The molecule has 1 aliphatic heterocycles. The number of nitrogens with zero attached hydrogens (tertiary/aromatic N) is 1. The van der Waals surface area contributed by atoms with E-state index in [0.29, 0.717) is 19.1 Å². The zero-order valence-corrected chi connectivity index (χ0v) is 7.09. The molecule has 1 aliphatic carbocycles. The van der Waals surface area contributed by atoms with E-state index in [2.05, 4.69) is 11.8 Å². The molecular formula is C9H16FN. The van der Waals surface area contributed by atoms with Crippen LogP contribution in [0.3, 0.4) is 0 Å². The molecule has 2 heteroatoms. The van der Waals surface area contributed by atoms with Crippen molar-refractivity contribution in [3.63, 3.8) is 0 Å². The van der Waals surface area contributed by atoms with Crippen molar-refractivity contribution in [3.05, 3.63) is 0 Å². The zero-order chi connectivity index (χ0) is 7.84. The highest BCUT2D eigenvalue weighted by molar-refractivity contribution is 4.93. The number of halogens is 1. The minimum absolute atomic E-state index is 0.525. The second-order valence-corrected chi connectivity index (χ2v) is 3.86. The van der Waals surface area contributed by atoms with E-state index in [1.165, 1.54) is 19.3 Å². The first kappa shape index (κ1) is 7.53. The van der Waals surface area contributed by atoms with Gasteiger partial charge in [-0.2, -0.15) is 0 Å². The number of rotatable bonds is 3. The van der Waals surface area contributed by atoms with Gasteiger partial charge in [0.1, 0.15) is 6.17 Å². The maximum absolute atomic E-state index is 12.5. The Morgan fingerprint density at radius 1 is 1.45 bits per heavy atom. The normalized spacial score (nSPS) is 30.0. The van der Waals surface area contributed by atoms with Crippen molar-refractivity contribution < 1.29 is 4.39 Å². The van der Waals surface area contributed by atoms with Crippen molar-refractivity contribution in [2.45, 2.75) is 38.4 Å². The average Bonchev–Trinajstić information content (AvgIpc) is 2.69. The number of hydrogen-bond acceptors (Lipinski definition) is 1. The maximum atomic E-state index is 12.5. The molecule has 0 amide bonds. The molecule has 11 heavy (non-hydrogen) atoms. The van der Waals surface area contributed by atoms with Crippen LogP contribution >= 0.6 is 0 Å². The maximum Gasteiger partial charge on any atom is 0.125 e. The summed E-state index contributed by atoms with van der Waals surface area (Å²) in [5.41, 5.74) is 0. The van der Waals surface area contributed by atoms with Gasteiger partial charge >= 0.3 is 0 Å². The molecule has 0 aromatic carbocycles. The van der Waals surface area contributed by atoms with Gasteiger partial charge in [0.2, 0.25) is 0 Å². The highest BCUT2D eigenvalue weighted by Gasteiger charge is 2.39. The summed E-state index contributed by atoms with van der Waals surface area (Å²) in [5, 5.41) is 0. The number of likely N-dealkylation sites (tertiary alicyclic amines) is 1. The molecule has 2 rings (SSSR count). The number of hydrogen-bond donors (Lipinski definition) is 0. The Morgan fingerprint density at radius 3 is 2.45 bits per heavy atom. The molecule has 2 aliphatic rings. The summed E-state index contributed by atoms with van der Waals surface area (Å²) in [6.45, 7) is 3.62. The highest BCUT2D eigenvalue weighted by atomic mass is 19.1. The van der Waals surface area contributed by atoms with Gasteiger partial charge in [0.05, 0.1) is 0 Å². The molecule has 0 aromatic heterocycles. The molecule has 1 saturated heterocycles. The summed E-state index contributed by atoms with van der Waals surface area (Å²) in [5.74, 6) is 0.910. The van der Waals surface area contributed by atoms with Gasteiger partial charge in [0.15, 0.2) is 0 Å². The fourth-order valence-electron chi connectivity index (χ4n) is 2.10. The smallest absolute Gasteiger partial charge is 0.125 e. The van der Waals surface area contributed by atoms with Crippen molar-refractivity contribution in [2.24, 2.45) is 5.92 Å². The molecule has 1 saturated carbocycles. The van der Waals surface area contributed by atoms with Gasteiger partial charge in [-0.1, -0.05) is 6.92 Å². The van der Waals surface area contributed by atoms with Gasteiger partial charge in [0, 0.05) is 19.1 Å². The first-order valence-electron chi connectivity index (χ1n) is 4.69. The quantitative estimate of drug-likeness (QED) is 0.604. The molecule has 1 nitrogen and oxygen atoms in total. The molecular weight excluding hydrogens is 141 g/mol. The fraction of sp³-hybridized carbons (Fsp3) is 1.00. The average molecular weight is 157 g/mol. The van der Waals surface area contributed by atoms with Crippen molar-refractivity contribution in [1.82, 2.24) is 4.90 Å². The van der Waals surface area contributed by atoms with Gasteiger partial charge in [-0.05, 0) is 25.2 Å². The Kier molecular flexibility index (Phi) is 1.88. The van der Waals surface area contributed by atoms with Crippen molar-refractivity contribution in [3.8, 4) is 0 Å². The standard InChI is InChI=1S/C9H16FN/c1-2-9(7-3-4-7)11-5-8(10)6-11/h7-9H,2-6H2,1H3. The van der Waals surface area contributed by atoms with Crippen LogP contribution in [0.4, 0.5) is 4.39 Å². The second-order valence-electron chi connectivity index (χ2n) is 3.86. The number of alkyl halides is 1. The Morgan fingerprint density at radius 2 is 2.09 bits per heavy atom. The summed E-state index contributed by atoms with van der Waals surface area (Å²) in [4.78, 5) is 2.31. The molecule has 64 valence electrons. The summed E-state index contributed by atoms with van der Waals surface area (Å²) >= 11 is 0.